The molecule has 0 radical (unpaired) electrons. The highest BCUT2D eigenvalue weighted by Gasteiger charge is 2.32. The van der Waals surface area contributed by atoms with Crippen LogP contribution >= 0.6 is 0 Å². The second kappa shape index (κ2) is 16.9. The highest BCUT2D eigenvalue weighted by atomic mass is 16.7. The summed E-state index contributed by atoms with van der Waals surface area (Å²) in [5, 5.41) is 21.1. The lowest BCUT2D eigenvalue weighted by molar-refractivity contribution is -0.252. The molecule has 3 atom stereocenters. The van der Waals surface area contributed by atoms with Crippen LogP contribution in [0.3, 0.4) is 0 Å². The maximum Gasteiger partial charge on any atom is 0.303 e. The van der Waals surface area contributed by atoms with E-state index in [1.807, 2.05) is 60.7 Å². The van der Waals surface area contributed by atoms with Gasteiger partial charge in [-0.3, -0.25) is 9.59 Å². The number of carbonyl (C=O) groups excluding carboxylic acids is 1. The number of carboxylic acids is 1. The lowest BCUT2D eigenvalue weighted by Crippen LogP contribution is -2.37. The van der Waals surface area contributed by atoms with Crippen LogP contribution in [0, 0.1) is 0 Å². The van der Waals surface area contributed by atoms with Crippen LogP contribution in [0.1, 0.15) is 73.2 Å². The molecule has 3 N–H and O–H groups in total. The fourth-order valence-corrected chi connectivity index (χ4v) is 5.40. The molecule has 0 bridgehead atoms. The van der Waals surface area contributed by atoms with Crippen molar-refractivity contribution in [3.05, 3.63) is 108 Å². The third-order valence-corrected chi connectivity index (χ3v) is 7.80. The van der Waals surface area contributed by atoms with Crippen molar-refractivity contribution in [2.45, 2.75) is 70.2 Å². The topological polar surface area (TPSA) is 108 Å². The van der Waals surface area contributed by atoms with Crippen LogP contribution in [-0.4, -0.2) is 53.2 Å². The Bertz CT molecular complexity index is 1360. The number of aliphatic carboxylic acids is 1. The number of hydrogen-bond acceptors (Lipinski definition) is 6. The smallest absolute Gasteiger partial charge is 0.303 e. The maximum absolute atomic E-state index is 12.2. The SMILES string of the molecule is C=CCN(C)CC1CC(c2ccc(CO)cc2)OC(c2ccc(-c3cccc(CNC(=O)CCCCCC(=O)O)c3)cc2)O1. The van der Waals surface area contributed by atoms with Gasteiger partial charge >= 0.3 is 5.97 Å². The van der Waals surface area contributed by atoms with E-state index < -0.39 is 12.3 Å². The fraction of sp³-hybridized carbons (Fsp3) is 0.389. The van der Waals surface area contributed by atoms with Crippen LogP contribution in [-0.2, 0) is 32.2 Å². The van der Waals surface area contributed by atoms with Gasteiger partial charge in [0.25, 0.3) is 0 Å². The van der Waals surface area contributed by atoms with E-state index in [1.54, 1.807) is 0 Å². The van der Waals surface area contributed by atoms with Crippen LogP contribution in [0.25, 0.3) is 11.1 Å². The van der Waals surface area contributed by atoms with Gasteiger partial charge in [0.05, 0.1) is 18.8 Å². The van der Waals surface area contributed by atoms with E-state index in [4.69, 9.17) is 14.6 Å². The van der Waals surface area contributed by atoms with Crippen molar-refractivity contribution in [3.63, 3.8) is 0 Å². The Labute approximate surface area is 260 Å². The summed E-state index contributed by atoms with van der Waals surface area (Å²) in [5.74, 6) is -0.828. The van der Waals surface area contributed by atoms with Gasteiger partial charge in [-0.05, 0) is 53.8 Å². The molecule has 44 heavy (non-hydrogen) atoms. The third kappa shape index (κ3) is 10.1. The van der Waals surface area contributed by atoms with Gasteiger partial charge < -0.3 is 29.9 Å². The number of nitrogens with one attached hydrogen (secondary N) is 1. The molecular weight excluding hydrogens is 556 g/mol. The predicted molar refractivity (Wildman–Crippen MR) is 171 cm³/mol. The summed E-state index contributed by atoms with van der Waals surface area (Å²) in [7, 11) is 2.06. The van der Waals surface area contributed by atoms with E-state index in [2.05, 4.69) is 42.0 Å². The van der Waals surface area contributed by atoms with Crippen molar-refractivity contribution < 1.29 is 29.3 Å². The largest absolute Gasteiger partial charge is 0.481 e. The number of unbranched alkanes of at least 4 members (excludes halogenated alkanes) is 2. The number of aliphatic hydroxyl groups is 1. The molecule has 1 saturated heterocycles. The zero-order valence-corrected chi connectivity index (χ0v) is 25.5. The standard InChI is InChI=1S/C36H44N2O6/c1-3-20-38(2)24-32-22-33(29-14-12-26(25-39)13-15-29)44-36(43-32)30-18-16-28(17-19-30)31-9-7-8-27(21-31)23-37-34(40)10-5-4-6-11-35(41)42/h3,7-9,12-19,21,32-33,36,39H,1,4-6,10-11,20,22-25H2,2H3,(H,37,40)(H,41,42). The highest BCUT2D eigenvalue weighted by molar-refractivity contribution is 5.76. The average molecular weight is 601 g/mol. The number of nitrogens with zero attached hydrogens (tertiary/aromatic N) is 1. The summed E-state index contributed by atoms with van der Waals surface area (Å²) in [6.07, 6.45) is 4.47. The van der Waals surface area contributed by atoms with E-state index >= 15 is 0 Å². The number of ether oxygens (including phenoxy) is 2. The molecule has 3 aromatic rings. The molecule has 0 aliphatic carbocycles. The van der Waals surface area contributed by atoms with E-state index in [1.165, 1.54) is 0 Å². The van der Waals surface area contributed by atoms with Gasteiger partial charge in [-0.1, -0.05) is 79.2 Å². The Morgan fingerprint density at radius 1 is 0.932 bits per heavy atom. The number of carbonyl (C=O) groups is 2. The first kappa shape index (κ1) is 33.1. The Hall–Kier alpha value is -3.82. The van der Waals surface area contributed by atoms with Gasteiger partial charge in [-0.2, -0.15) is 0 Å². The molecule has 1 heterocycles. The first-order chi connectivity index (χ1) is 21.3. The number of likely N-dealkylation sites (N-methyl/N-ethyl adjacent to an activating group) is 1. The molecule has 8 heteroatoms. The molecule has 234 valence electrons. The number of carboxylic acid groups (broad SMARTS) is 1. The number of amides is 1. The molecule has 0 spiro atoms. The van der Waals surface area contributed by atoms with E-state index in [0.29, 0.717) is 25.8 Å². The van der Waals surface area contributed by atoms with Gasteiger partial charge in [0, 0.05) is 44.5 Å². The number of rotatable bonds is 16. The summed E-state index contributed by atoms with van der Waals surface area (Å²) in [6.45, 7) is 5.82. The van der Waals surface area contributed by atoms with Crippen LogP contribution in [0.5, 0.6) is 0 Å². The van der Waals surface area contributed by atoms with Crippen molar-refractivity contribution in [2.75, 3.05) is 20.1 Å². The second-order valence-electron chi connectivity index (χ2n) is 11.4. The Morgan fingerprint density at radius 2 is 1.66 bits per heavy atom. The predicted octanol–water partition coefficient (Wildman–Crippen LogP) is 6.16. The molecule has 4 rings (SSSR count). The van der Waals surface area contributed by atoms with Crippen molar-refractivity contribution >= 4 is 11.9 Å². The average Bonchev–Trinajstić information content (AvgIpc) is 3.03. The summed E-state index contributed by atoms with van der Waals surface area (Å²) >= 11 is 0. The first-order valence-corrected chi connectivity index (χ1v) is 15.3. The molecule has 0 saturated carbocycles. The van der Waals surface area contributed by atoms with Crippen molar-refractivity contribution in [1.82, 2.24) is 10.2 Å². The normalized spacial score (nSPS) is 18.2. The van der Waals surface area contributed by atoms with Crippen molar-refractivity contribution in [1.29, 1.82) is 0 Å². The van der Waals surface area contributed by atoms with Crippen LogP contribution in [0.4, 0.5) is 0 Å². The van der Waals surface area contributed by atoms with Crippen LogP contribution in [0.2, 0.25) is 0 Å². The zero-order valence-electron chi connectivity index (χ0n) is 25.5. The zero-order chi connectivity index (χ0) is 31.3. The third-order valence-electron chi connectivity index (χ3n) is 7.80. The van der Waals surface area contributed by atoms with Crippen molar-refractivity contribution in [2.24, 2.45) is 0 Å². The second-order valence-corrected chi connectivity index (χ2v) is 11.4. The minimum absolute atomic E-state index is 0.00792. The molecule has 3 aromatic carbocycles. The summed E-state index contributed by atoms with van der Waals surface area (Å²) in [6, 6.07) is 24.2. The summed E-state index contributed by atoms with van der Waals surface area (Å²) in [5.41, 5.74) is 5.97. The monoisotopic (exact) mass is 600 g/mol. The molecule has 1 aliphatic heterocycles. The van der Waals surface area contributed by atoms with Gasteiger partial charge in [0.15, 0.2) is 6.29 Å². The quantitative estimate of drug-likeness (QED) is 0.134. The van der Waals surface area contributed by atoms with E-state index in [0.717, 1.165) is 59.3 Å². The minimum Gasteiger partial charge on any atom is -0.481 e. The number of aliphatic hydroxyl groups excluding tert-OH is 1. The lowest BCUT2D eigenvalue weighted by atomic mass is 9.99. The number of benzene rings is 3. The van der Waals surface area contributed by atoms with E-state index in [-0.39, 0.29) is 31.1 Å². The molecule has 1 amide bonds. The van der Waals surface area contributed by atoms with Crippen molar-refractivity contribution in [3.8, 4) is 11.1 Å². The molecular formula is C36H44N2O6. The fourth-order valence-electron chi connectivity index (χ4n) is 5.40. The molecule has 1 fully saturated rings. The van der Waals surface area contributed by atoms with Gasteiger partial charge in [-0.25, -0.2) is 0 Å². The van der Waals surface area contributed by atoms with Crippen LogP contribution in [0.15, 0.2) is 85.5 Å². The van der Waals surface area contributed by atoms with E-state index in [9.17, 15) is 14.7 Å². The lowest BCUT2D eigenvalue weighted by Gasteiger charge is -2.37. The van der Waals surface area contributed by atoms with Crippen LogP contribution < -0.4 is 5.32 Å². The highest BCUT2D eigenvalue weighted by Crippen LogP contribution is 2.38. The Kier molecular flexibility index (Phi) is 12.7. The van der Waals surface area contributed by atoms with Gasteiger partial charge in [0.1, 0.15) is 0 Å². The summed E-state index contributed by atoms with van der Waals surface area (Å²) < 4.78 is 12.9. The minimum atomic E-state index is -0.800. The Morgan fingerprint density at radius 3 is 2.36 bits per heavy atom. The van der Waals surface area contributed by atoms with Gasteiger partial charge in [-0.15, -0.1) is 6.58 Å². The maximum atomic E-state index is 12.2. The van der Waals surface area contributed by atoms with Gasteiger partial charge in [0.2, 0.25) is 5.91 Å². The summed E-state index contributed by atoms with van der Waals surface area (Å²) in [4.78, 5) is 25.0. The first-order valence-electron chi connectivity index (χ1n) is 15.3. The molecule has 0 aromatic heterocycles. The molecule has 3 unspecified atom stereocenters. The molecule has 1 aliphatic rings. The Balaban J connectivity index is 1.39. The number of hydrogen-bond donors (Lipinski definition) is 3. The molecule has 8 nitrogen and oxygen atoms in total.